The number of hydrogen-bond acceptors (Lipinski definition) is 10. The summed E-state index contributed by atoms with van der Waals surface area (Å²) < 4.78 is 114. The van der Waals surface area contributed by atoms with Gasteiger partial charge in [-0.1, -0.05) is 12.1 Å². The van der Waals surface area contributed by atoms with E-state index in [0.717, 1.165) is 36.4 Å². The molecule has 0 saturated heterocycles. The number of carbonyl (C=O) groups is 2. The molecule has 1 aliphatic carbocycles. The van der Waals surface area contributed by atoms with Gasteiger partial charge in [0.1, 0.15) is 11.8 Å². The van der Waals surface area contributed by atoms with Crippen molar-refractivity contribution in [2.75, 3.05) is 11.8 Å². The first-order valence-electron chi connectivity index (χ1n) is 8.69. The quantitative estimate of drug-likeness (QED) is 0.238. The van der Waals surface area contributed by atoms with Crippen molar-refractivity contribution < 1.29 is 52.4 Å². The van der Waals surface area contributed by atoms with E-state index in [4.69, 9.17) is 9.11 Å². The average molecular weight is 555 g/mol. The Morgan fingerprint density at radius 3 is 1.76 bits per heavy atom. The predicted molar refractivity (Wildman–Crippen MR) is 113 cm³/mol. The standard InChI is InChI=1S/C16H14N2O12S4/c19-15-11-2-1-3-13(34(29,30)18-8-32(24,25)26)14(11)16(20)10-5-4-9(6-12(10)15)33(27,28)17-7-31(21,22)23/h1-6,17-18H,7-8H2,(H,21,22,23)(H,24,25,26). The van der Waals surface area contributed by atoms with E-state index in [9.17, 15) is 43.3 Å². The molecule has 184 valence electrons. The first-order chi connectivity index (χ1) is 15.4. The highest BCUT2D eigenvalue weighted by atomic mass is 32.2. The summed E-state index contributed by atoms with van der Waals surface area (Å²) in [6, 6.07) is 5.66. The molecule has 1 aliphatic rings. The van der Waals surface area contributed by atoms with Crippen LogP contribution in [-0.4, -0.2) is 66.1 Å². The lowest BCUT2D eigenvalue weighted by Crippen LogP contribution is -2.32. The smallest absolute Gasteiger partial charge is 0.279 e. The van der Waals surface area contributed by atoms with Crippen LogP contribution in [0.4, 0.5) is 0 Å². The SMILES string of the molecule is O=C1c2cc(S(=O)(=O)NCS(=O)(=O)O)ccc2C(=O)c2c1cccc2S(=O)(=O)NCS(=O)(=O)O. The lowest BCUT2D eigenvalue weighted by Gasteiger charge is -2.20. The van der Waals surface area contributed by atoms with Gasteiger partial charge in [-0.3, -0.25) is 18.7 Å². The second-order valence-electron chi connectivity index (χ2n) is 6.79. The molecule has 2 aromatic rings. The molecule has 2 aromatic carbocycles. The van der Waals surface area contributed by atoms with E-state index < -0.39 is 90.1 Å². The number of rotatable bonds is 8. The Morgan fingerprint density at radius 1 is 0.647 bits per heavy atom. The van der Waals surface area contributed by atoms with Crippen LogP contribution in [0.3, 0.4) is 0 Å². The molecule has 0 heterocycles. The van der Waals surface area contributed by atoms with Crippen molar-refractivity contribution in [1.82, 2.24) is 9.44 Å². The van der Waals surface area contributed by atoms with Gasteiger partial charge in [-0.15, -0.1) is 0 Å². The molecule has 14 nitrogen and oxygen atoms in total. The number of nitrogens with one attached hydrogen (secondary N) is 2. The van der Waals surface area contributed by atoms with Gasteiger partial charge in [0.15, 0.2) is 11.6 Å². The number of carbonyl (C=O) groups excluding carboxylic acids is 2. The predicted octanol–water partition coefficient (Wildman–Crippen LogP) is -1.29. The molecule has 0 fully saturated rings. The zero-order chi connectivity index (χ0) is 25.7. The summed E-state index contributed by atoms with van der Waals surface area (Å²) in [5.74, 6) is -4.68. The van der Waals surface area contributed by atoms with E-state index in [1.807, 2.05) is 0 Å². The molecule has 0 aliphatic heterocycles. The third-order valence-electron chi connectivity index (χ3n) is 4.44. The van der Waals surface area contributed by atoms with Crippen LogP contribution in [0.5, 0.6) is 0 Å². The Bertz CT molecular complexity index is 1650. The van der Waals surface area contributed by atoms with Crippen LogP contribution < -0.4 is 9.44 Å². The average Bonchev–Trinajstić information content (AvgIpc) is 2.73. The highest BCUT2D eigenvalue weighted by Gasteiger charge is 2.36. The third-order valence-corrected chi connectivity index (χ3v) is 8.67. The van der Waals surface area contributed by atoms with Crippen molar-refractivity contribution in [2.24, 2.45) is 0 Å². The molecule has 0 amide bonds. The molecule has 0 bridgehead atoms. The Balaban J connectivity index is 2.09. The van der Waals surface area contributed by atoms with E-state index in [1.165, 1.54) is 0 Å². The molecule has 34 heavy (non-hydrogen) atoms. The van der Waals surface area contributed by atoms with Gasteiger partial charge in [-0.25, -0.2) is 16.8 Å². The lowest BCUT2D eigenvalue weighted by molar-refractivity contribution is 0.0976. The molecule has 0 saturated carbocycles. The van der Waals surface area contributed by atoms with E-state index >= 15 is 0 Å². The summed E-state index contributed by atoms with van der Waals surface area (Å²) in [6.07, 6.45) is 0. The maximum Gasteiger partial charge on any atom is 0.279 e. The summed E-state index contributed by atoms with van der Waals surface area (Å²) in [6.45, 7) is 0. The largest absolute Gasteiger partial charge is 0.289 e. The highest BCUT2D eigenvalue weighted by molar-refractivity contribution is 7.92. The Labute approximate surface area is 193 Å². The minimum Gasteiger partial charge on any atom is -0.289 e. The third kappa shape index (κ3) is 5.39. The van der Waals surface area contributed by atoms with Gasteiger partial charge < -0.3 is 0 Å². The molecular weight excluding hydrogens is 540 g/mol. The number of ketones is 2. The molecule has 0 atom stereocenters. The van der Waals surface area contributed by atoms with Crippen molar-refractivity contribution in [3.05, 3.63) is 58.7 Å². The van der Waals surface area contributed by atoms with Crippen molar-refractivity contribution in [1.29, 1.82) is 0 Å². The molecule has 4 N–H and O–H groups in total. The van der Waals surface area contributed by atoms with Crippen LogP contribution in [0.25, 0.3) is 0 Å². The molecule has 0 unspecified atom stereocenters. The van der Waals surface area contributed by atoms with Crippen molar-refractivity contribution >= 4 is 51.8 Å². The fourth-order valence-electron chi connectivity index (χ4n) is 3.00. The van der Waals surface area contributed by atoms with Gasteiger partial charge in [0, 0.05) is 16.7 Å². The number of sulfonamides is 2. The topological polar surface area (TPSA) is 235 Å². The highest BCUT2D eigenvalue weighted by Crippen LogP contribution is 2.32. The Kier molecular flexibility index (Phi) is 6.56. The van der Waals surface area contributed by atoms with Crippen molar-refractivity contribution in [3.8, 4) is 0 Å². The van der Waals surface area contributed by atoms with Crippen LogP contribution in [0.1, 0.15) is 31.8 Å². The van der Waals surface area contributed by atoms with Crippen LogP contribution in [-0.2, 0) is 40.3 Å². The van der Waals surface area contributed by atoms with Crippen LogP contribution in [0.2, 0.25) is 0 Å². The summed E-state index contributed by atoms with van der Waals surface area (Å²) in [4.78, 5) is 24.7. The molecule has 0 spiro atoms. The minimum atomic E-state index is -4.75. The second-order valence-corrected chi connectivity index (χ2v) is 13.2. The Hall–Kier alpha value is -2.58. The van der Waals surface area contributed by atoms with Crippen LogP contribution >= 0.6 is 0 Å². The zero-order valence-corrected chi connectivity index (χ0v) is 19.8. The van der Waals surface area contributed by atoms with Gasteiger partial charge in [0.25, 0.3) is 20.2 Å². The van der Waals surface area contributed by atoms with Crippen LogP contribution in [0, 0.1) is 0 Å². The minimum absolute atomic E-state index is 0.372. The second kappa shape index (κ2) is 8.57. The molecule has 0 radical (unpaired) electrons. The van der Waals surface area contributed by atoms with Gasteiger partial charge in [-0.05, 0) is 24.3 Å². The van der Waals surface area contributed by atoms with Gasteiger partial charge in [0.2, 0.25) is 20.0 Å². The first-order valence-corrected chi connectivity index (χ1v) is 14.9. The van der Waals surface area contributed by atoms with E-state index in [2.05, 4.69) is 0 Å². The maximum atomic E-state index is 13.1. The summed E-state index contributed by atoms with van der Waals surface area (Å²) in [5, 5.41) is 0. The lowest BCUT2D eigenvalue weighted by atomic mass is 9.84. The van der Waals surface area contributed by atoms with Crippen LogP contribution in [0.15, 0.2) is 46.2 Å². The monoisotopic (exact) mass is 554 g/mol. The zero-order valence-electron chi connectivity index (χ0n) is 16.5. The summed E-state index contributed by atoms with van der Waals surface area (Å²) >= 11 is 0. The fraction of sp³-hybridized carbons (Fsp3) is 0.125. The summed E-state index contributed by atoms with van der Waals surface area (Å²) in [5.41, 5.74) is -1.81. The fourth-order valence-corrected chi connectivity index (χ4v) is 7.00. The molecule has 18 heteroatoms. The molecular formula is C16H14N2O12S4. The number of benzene rings is 2. The number of fused-ring (bicyclic) bond motifs is 2. The van der Waals surface area contributed by atoms with Gasteiger partial charge >= 0.3 is 0 Å². The summed E-state index contributed by atoms with van der Waals surface area (Å²) in [7, 11) is -18.7. The van der Waals surface area contributed by atoms with Gasteiger partial charge in [-0.2, -0.15) is 26.3 Å². The molecule has 3 rings (SSSR count). The number of hydrogen-bond donors (Lipinski definition) is 4. The molecule has 0 aromatic heterocycles. The normalized spacial score (nSPS) is 14.5. The van der Waals surface area contributed by atoms with E-state index in [1.54, 1.807) is 9.44 Å². The Morgan fingerprint density at radius 2 is 1.21 bits per heavy atom. The first kappa shape index (κ1) is 26.0. The maximum absolute atomic E-state index is 13.1. The van der Waals surface area contributed by atoms with Crippen molar-refractivity contribution in [2.45, 2.75) is 9.79 Å². The van der Waals surface area contributed by atoms with Crippen molar-refractivity contribution in [3.63, 3.8) is 0 Å². The van der Waals surface area contributed by atoms with Gasteiger partial charge in [0.05, 0.1) is 15.4 Å². The van der Waals surface area contributed by atoms with E-state index in [-0.39, 0.29) is 5.56 Å². The van der Waals surface area contributed by atoms with E-state index in [0.29, 0.717) is 0 Å².